The minimum Gasteiger partial charge on any atom is -0.352 e. The fourth-order valence-electron chi connectivity index (χ4n) is 1.64. The number of hydrogen-bond acceptors (Lipinski definition) is 3. The van der Waals surface area contributed by atoms with Gasteiger partial charge in [0.2, 0.25) is 0 Å². The molecule has 0 atom stereocenters. The maximum atomic E-state index is 11.8. The Balaban J connectivity index is 2.24. The summed E-state index contributed by atoms with van der Waals surface area (Å²) in [5.74, 6) is -0.0329. The van der Waals surface area contributed by atoms with Crippen LogP contribution in [-0.2, 0) is 7.05 Å². The van der Waals surface area contributed by atoms with Crippen molar-refractivity contribution in [2.24, 2.45) is 12.8 Å². The Morgan fingerprint density at radius 3 is 2.71 bits per heavy atom. The highest BCUT2D eigenvalue weighted by Crippen LogP contribution is 2.05. The van der Waals surface area contributed by atoms with E-state index in [1.54, 1.807) is 10.9 Å². The van der Waals surface area contributed by atoms with E-state index in [0.29, 0.717) is 5.56 Å². The zero-order valence-electron chi connectivity index (χ0n) is 10.7. The molecule has 0 aliphatic rings. The van der Waals surface area contributed by atoms with Gasteiger partial charge in [0.05, 0.1) is 11.8 Å². The van der Waals surface area contributed by atoms with Crippen molar-refractivity contribution in [2.75, 3.05) is 13.1 Å². The first-order valence-corrected chi connectivity index (χ1v) is 6.13. The molecule has 0 aromatic carbocycles. The number of aromatic nitrogens is 2. The van der Waals surface area contributed by atoms with Crippen LogP contribution in [0.1, 0.15) is 41.7 Å². The number of carbonyl (C=O) groups excluding carboxylic acids is 1. The number of nitrogens with two attached hydrogens (primary N) is 1. The zero-order chi connectivity index (χ0) is 12.7. The van der Waals surface area contributed by atoms with Crippen LogP contribution in [0, 0.1) is 6.92 Å². The van der Waals surface area contributed by atoms with E-state index in [1.165, 1.54) is 0 Å². The number of nitrogens with zero attached hydrogens (tertiary/aromatic N) is 2. The topological polar surface area (TPSA) is 72.9 Å². The quantitative estimate of drug-likeness (QED) is 0.695. The predicted molar refractivity (Wildman–Crippen MR) is 67.8 cm³/mol. The molecule has 5 heteroatoms. The average Bonchev–Trinajstić information content (AvgIpc) is 2.64. The molecule has 1 aromatic heterocycles. The van der Waals surface area contributed by atoms with Gasteiger partial charge in [0.1, 0.15) is 0 Å². The molecule has 0 spiro atoms. The molecular formula is C12H22N4O. The van der Waals surface area contributed by atoms with Gasteiger partial charge in [-0.25, -0.2) is 0 Å². The Morgan fingerprint density at radius 2 is 2.12 bits per heavy atom. The Hall–Kier alpha value is -1.36. The second kappa shape index (κ2) is 7.06. The smallest absolute Gasteiger partial charge is 0.254 e. The van der Waals surface area contributed by atoms with Crippen molar-refractivity contribution in [1.82, 2.24) is 15.1 Å². The van der Waals surface area contributed by atoms with Gasteiger partial charge in [0, 0.05) is 19.3 Å². The molecule has 0 radical (unpaired) electrons. The average molecular weight is 238 g/mol. The SMILES string of the molecule is Cc1c(C(=O)NCCCCCCN)cnn1C. The number of unbranched alkanes of at least 4 members (excludes halogenated alkanes) is 3. The van der Waals surface area contributed by atoms with Crippen molar-refractivity contribution in [2.45, 2.75) is 32.6 Å². The van der Waals surface area contributed by atoms with E-state index >= 15 is 0 Å². The Morgan fingerprint density at radius 1 is 1.41 bits per heavy atom. The molecule has 1 aromatic rings. The van der Waals surface area contributed by atoms with Gasteiger partial charge in [-0.2, -0.15) is 5.10 Å². The van der Waals surface area contributed by atoms with Crippen molar-refractivity contribution < 1.29 is 4.79 Å². The third-order valence-corrected chi connectivity index (χ3v) is 2.90. The van der Waals surface area contributed by atoms with Gasteiger partial charge in [-0.1, -0.05) is 12.8 Å². The van der Waals surface area contributed by atoms with Crippen LogP contribution in [0.3, 0.4) is 0 Å². The first kappa shape index (κ1) is 13.7. The summed E-state index contributed by atoms with van der Waals surface area (Å²) in [6.45, 7) is 3.36. The zero-order valence-corrected chi connectivity index (χ0v) is 10.7. The van der Waals surface area contributed by atoms with E-state index in [2.05, 4.69) is 10.4 Å². The minimum atomic E-state index is -0.0329. The van der Waals surface area contributed by atoms with Crippen LogP contribution in [0.5, 0.6) is 0 Å². The van der Waals surface area contributed by atoms with E-state index in [0.717, 1.165) is 44.5 Å². The summed E-state index contributed by atoms with van der Waals surface area (Å²) in [5.41, 5.74) is 6.96. The van der Waals surface area contributed by atoms with Crippen LogP contribution in [0.25, 0.3) is 0 Å². The maximum absolute atomic E-state index is 11.8. The van der Waals surface area contributed by atoms with Crippen molar-refractivity contribution >= 4 is 5.91 Å². The van der Waals surface area contributed by atoms with Gasteiger partial charge in [-0.05, 0) is 26.3 Å². The van der Waals surface area contributed by atoms with E-state index < -0.39 is 0 Å². The van der Waals surface area contributed by atoms with E-state index in [-0.39, 0.29) is 5.91 Å². The van der Waals surface area contributed by atoms with Crippen LogP contribution < -0.4 is 11.1 Å². The van der Waals surface area contributed by atoms with E-state index in [9.17, 15) is 4.79 Å². The molecule has 0 saturated carbocycles. The standard InChI is InChI=1S/C12H22N4O/c1-10-11(9-15-16(10)2)12(17)14-8-6-4-3-5-7-13/h9H,3-8,13H2,1-2H3,(H,14,17). The van der Waals surface area contributed by atoms with Crippen LogP contribution >= 0.6 is 0 Å². The third-order valence-electron chi connectivity index (χ3n) is 2.90. The van der Waals surface area contributed by atoms with E-state index in [4.69, 9.17) is 5.73 Å². The summed E-state index contributed by atoms with van der Waals surface area (Å²) >= 11 is 0. The second-order valence-electron chi connectivity index (χ2n) is 4.23. The van der Waals surface area contributed by atoms with Crippen LogP contribution in [-0.4, -0.2) is 28.8 Å². The number of rotatable bonds is 7. The molecule has 0 aliphatic carbocycles. The molecule has 0 saturated heterocycles. The molecule has 3 N–H and O–H groups in total. The lowest BCUT2D eigenvalue weighted by molar-refractivity contribution is 0.0952. The fourth-order valence-corrected chi connectivity index (χ4v) is 1.64. The Bertz CT molecular complexity index is 359. The van der Waals surface area contributed by atoms with Crippen molar-refractivity contribution in [1.29, 1.82) is 0 Å². The van der Waals surface area contributed by atoms with Crippen LogP contribution in [0.4, 0.5) is 0 Å². The molecule has 0 aliphatic heterocycles. The number of hydrogen-bond donors (Lipinski definition) is 2. The van der Waals surface area contributed by atoms with Gasteiger partial charge >= 0.3 is 0 Å². The largest absolute Gasteiger partial charge is 0.352 e. The monoisotopic (exact) mass is 238 g/mol. The highest BCUT2D eigenvalue weighted by molar-refractivity contribution is 5.94. The number of carbonyl (C=O) groups is 1. The summed E-state index contributed by atoms with van der Waals surface area (Å²) in [4.78, 5) is 11.8. The van der Waals surface area contributed by atoms with Crippen molar-refractivity contribution in [3.63, 3.8) is 0 Å². The lowest BCUT2D eigenvalue weighted by Crippen LogP contribution is -2.24. The summed E-state index contributed by atoms with van der Waals surface area (Å²) < 4.78 is 1.70. The van der Waals surface area contributed by atoms with Gasteiger partial charge < -0.3 is 11.1 Å². The summed E-state index contributed by atoms with van der Waals surface area (Å²) in [6.07, 6.45) is 5.93. The second-order valence-corrected chi connectivity index (χ2v) is 4.23. The van der Waals surface area contributed by atoms with Crippen molar-refractivity contribution in [3.05, 3.63) is 17.5 Å². The molecule has 0 fully saturated rings. The summed E-state index contributed by atoms with van der Waals surface area (Å²) in [7, 11) is 1.83. The Labute approximate surface area is 102 Å². The fraction of sp³-hybridized carbons (Fsp3) is 0.667. The third kappa shape index (κ3) is 4.19. The Kier molecular flexibility index (Phi) is 5.69. The molecule has 0 bridgehead atoms. The number of amides is 1. The first-order chi connectivity index (χ1) is 8.16. The number of aryl methyl sites for hydroxylation is 1. The molecule has 96 valence electrons. The van der Waals surface area contributed by atoms with Crippen LogP contribution in [0.2, 0.25) is 0 Å². The van der Waals surface area contributed by atoms with Gasteiger partial charge in [0.25, 0.3) is 5.91 Å². The molecule has 1 amide bonds. The molecule has 1 heterocycles. The van der Waals surface area contributed by atoms with Gasteiger partial charge in [-0.15, -0.1) is 0 Å². The van der Waals surface area contributed by atoms with E-state index in [1.807, 2.05) is 14.0 Å². The number of nitrogens with one attached hydrogen (secondary N) is 1. The summed E-state index contributed by atoms with van der Waals surface area (Å²) in [5, 5.41) is 6.95. The maximum Gasteiger partial charge on any atom is 0.254 e. The molecule has 5 nitrogen and oxygen atoms in total. The molecule has 0 unspecified atom stereocenters. The minimum absolute atomic E-state index is 0.0329. The highest BCUT2D eigenvalue weighted by atomic mass is 16.1. The van der Waals surface area contributed by atoms with Gasteiger partial charge in [-0.3, -0.25) is 9.48 Å². The first-order valence-electron chi connectivity index (χ1n) is 6.13. The molecular weight excluding hydrogens is 216 g/mol. The summed E-state index contributed by atoms with van der Waals surface area (Å²) in [6, 6.07) is 0. The molecule has 17 heavy (non-hydrogen) atoms. The lowest BCUT2D eigenvalue weighted by Gasteiger charge is -2.04. The lowest BCUT2D eigenvalue weighted by atomic mass is 10.2. The predicted octanol–water partition coefficient (Wildman–Crippen LogP) is 0.977. The van der Waals surface area contributed by atoms with Gasteiger partial charge in [0.15, 0.2) is 0 Å². The normalized spacial score (nSPS) is 10.5. The van der Waals surface area contributed by atoms with Crippen LogP contribution in [0.15, 0.2) is 6.20 Å². The molecule has 1 rings (SSSR count). The van der Waals surface area contributed by atoms with Crippen molar-refractivity contribution in [3.8, 4) is 0 Å². The highest BCUT2D eigenvalue weighted by Gasteiger charge is 2.11.